The van der Waals surface area contributed by atoms with Gasteiger partial charge in [-0.05, 0) is 61.2 Å². The molecular weight excluding hydrogens is 444 g/mol. The molecule has 7 heteroatoms. The summed E-state index contributed by atoms with van der Waals surface area (Å²) >= 11 is 0. The predicted octanol–water partition coefficient (Wildman–Crippen LogP) is 6.02. The minimum absolute atomic E-state index is 0.0983. The molecule has 0 saturated heterocycles. The highest BCUT2D eigenvalue weighted by molar-refractivity contribution is 6.06. The van der Waals surface area contributed by atoms with Crippen LogP contribution in [0, 0.1) is 5.41 Å². The van der Waals surface area contributed by atoms with Crippen LogP contribution in [0.5, 0.6) is 0 Å². The van der Waals surface area contributed by atoms with Crippen LogP contribution in [-0.2, 0) is 12.5 Å². The Morgan fingerprint density at radius 2 is 1.89 bits per heavy atom. The van der Waals surface area contributed by atoms with E-state index in [1.165, 1.54) is 12.1 Å². The van der Waals surface area contributed by atoms with E-state index in [9.17, 15) is 8.78 Å². The highest BCUT2D eigenvalue weighted by Gasteiger charge is 2.24. The fourth-order valence-electron chi connectivity index (χ4n) is 4.14. The van der Waals surface area contributed by atoms with Crippen LogP contribution in [-0.4, -0.2) is 35.6 Å². The molecule has 2 aromatic rings. The second-order valence-corrected chi connectivity index (χ2v) is 8.94. The van der Waals surface area contributed by atoms with Gasteiger partial charge in [0.25, 0.3) is 5.92 Å². The smallest absolute Gasteiger partial charge is 0.270 e. The van der Waals surface area contributed by atoms with E-state index < -0.39 is 5.92 Å². The quantitative estimate of drug-likeness (QED) is 0.405. The number of likely N-dealkylation sites (N-methyl/N-ethyl adjacent to an activating group) is 1. The number of nitrogens with two attached hydrogens (primary N) is 1. The monoisotopic (exact) mass is 479 g/mol. The number of anilines is 1. The number of halogens is 2. The number of alkyl halides is 2. The molecule has 0 radical (unpaired) electrons. The van der Waals surface area contributed by atoms with Gasteiger partial charge in [0.1, 0.15) is 5.82 Å². The summed E-state index contributed by atoms with van der Waals surface area (Å²) in [7, 11) is 2.02. The number of hydrogen-bond acceptors (Lipinski definition) is 5. The van der Waals surface area contributed by atoms with Gasteiger partial charge in [0.05, 0.1) is 11.4 Å². The molecule has 0 spiro atoms. The lowest BCUT2D eigenvalue weighted by Gasteiger charge is -2.35. The second-order valence-electron chi connectivity index (χ2n) is 8.94. The topological polar surface area (TPSA) is 68.4 Å². The Kier molecular flexibility index (Phi) is 8.46. The van der Waals surface area contributed by atoms with E-state index in [2.05, 4.69) is 21.7 Å². The Balaban J connectivity index is 1.87. The number of benzene rings is 2. The molecule has 0 aliphatic carbocycles. The first kappa shape index (κ1) is 26.2. The van der Waals surface area contributed by atoms with E-state index in [0.29, 0.717) is 12.1 Å². The van der Waals surface area contributed by atoms with Crippen LogP contribution in [0.15, 0.2) is 84.5 Å². The third-order valence-electron chi connectivity index (χ3n) is 6.18. The van der Waals surface area contributed by atoms with Crippen molar-refractivity contribution in [3.8, 4) is 0 Å². The summed E-state index contributed by atoms with van der Waals surface area (Å²) in [5.74, 6) is -2.19. The number of rotatable bonds is 8. The largest absolute Gasteiger partial charge is 0.373 e. The zero-order chi connectivity index (χ0) is 25.6. The maximum absolute atomic E-state index is 13.7. The van der Waals surface area contributed by atoms with Gasteiger partial charge in [0.15, 0.2) is 0 Å². The van der Waals surface area contributed by atoms with Crippen molar-refractivity contribution >= 4 is 11.4 Å². The van der Waals surface area contributed by atoms with Crippen molar-refractivity contribution in [2.24, 2.45) is 5.73 Å². The standard InChI is InChI=1S/C28H35F2N5/c1-20-27(14-13-26(32)23-10-8-11-24(18-23)28(3,29)30)34(4)15-5-6-16-35(20)21(2)33-25-12-7-9-22(17-25)19-31/h7-14,17-18,32-33H,2,5-6,15-16,19,31H2,1,3-4H3/b14-13-,27-20-,32-26?. The number of nitrogens with one attached hydrogen (secondary N) is 2. The first-order valence-electron chi connectivity index (χ1n) is 11.8. The van der Waals surface area contributed by atoms with Gasteiger partial charge in [-0.1, -0.05) is 36.9 Å². The van der Waals surface area contributed by atoms with Crippen molar-refractivity contribution in [2.75, 3.05) is 25.5 Å². The van der Waals surface area contributed by atoms with Crippen LogP contribution < -0.4 is 11.1 Å². The normalized spacial score (nSPS) is 17.3. The Morgan fingerprint density at radius 3 is 2.60 bits per heavy atom. The first-order valence-corrected chi connectivity index (χ1v) is 11.8. The van der Waals surface area contributed by atoms with E-state index >= 15 is 0 Å². The summed E-state index contributed by atoms with van der Waals surface area (Å²) in [6, 6.07) is 13.9. The van der Waals surface area contributed by atoms with Crippen LogP contribution in [0.2, 0.25) is 0 Å². The lowest BCUT2D eigenvalue weighted by Crippen LogP contribution is -2.33. The van der Waals surface area contributed by atoms with Crippen molar-refractivity contribution in [2.45, 2.75) is 39.2 Å². The molecule has 1 aliphatic rings. The maximum atomic E-state index is 13.7. The molecule has 0 saturated carbocycles. The van der Waals surface area contributed by atoms with Crippen molar-refractivity contribution in [3.05, 3.63) is 101 Å². The zero-order valence-electron chi connectivity index (χ0n) is 20.7. The first-order chi connectivity index (χ1) is 16.6. The molecule has 0 atom stereocenters. The second kappa shape index (κ2) is 11.3. The third-order valence-corrected chi connectivity index (χ3v) is 6.18. The highest BCUT2D eigenvalue weighted by Crippen LogP contribution is 2.28. The Labute approximate surface area is 207 Å². The van der Waals surface area contributed by atoms with E-state index in [-0.39, 0.29) is 11.3 Å². The van der Waals surface area contributed by atoms with E-state index in [0.717, 1.165) is 61.3 Å². The molecule has 0 aromatic heterocycles. The molecule has 1 aliphatic heterocycles. The Hall–Kier alpha value is -3.45. The lowest BCUT2D eigenvalue weighted by molar-refractivity contribution is 0.0174. The van der Waals surface area contributed by atoms with E-state index in [1.54, 1.807) is 18.2 Å². The zero-order valence-corrected chi connectivity index (χ0v) is 20.7. The van der Waals surface area contributed by atoms with Gasteiger partial charge in [-0.15, -0.1) is 0 Å². The SMILES string of the molecule is C=C(Nc1cccc(CN)c1)N1CCCCN(C)C(/C=C\C(=N)c2cccc(C(C)(F)F)c2)=C\1C. The minimum atomic E-state index is -2.95. The summed E-state index contributed by atoms with van der Waals surface area (Å²) in [5, 5.41) is 11.9. The summed E-state index contributed by atoms with van der Waals surface area (Å²) in [5.41, 5.74) is 10.2. The summed E-state index contributed by atoms with van der Waals surface area (Å²) in [6.45, 7) is 9.34. The molecule has 0 unspecified atom stereocenters. The van der Waals surface area contributed by atoms with Gasteiger partial charge in [-0.25, -0.2) is 8.78 Å². The van der Waals surface area contributed by atoms with Gasteiger partial charge >= 0.3 is 0 Å². The average molecular weight is 480 g/mol. The van der Waals surface area contributed by atoms with Crippen molar-refractivity contribution in [1.29, 1.82) is 5.41 Å². The van der Waals surface area contributed by atoms with Crippen LogP contribution >= 0.6 is 0 Å². The third kappa shape index (κ3) is 6.79. The number of allylic oxidation sites excluding steroid dienone is 3. The molecule has 2 aromatic carbocycles. The predicted molar refractivity (Wildman–Crippen MR) is 140 cm³/mol. The molecule has 1 heterocycles. The fraction of sp³-hybridized carbons (Fsp3) is 0.321. The maximum Gasteiger partial charge on any atom is 0.270 e. The Morgan fingerprint density at radius 1 is 1.17 bits per heavy atom. The van der Waals surface area contributed by atoms with Gasteiger partial charge in [0.2, 0.25) is 0 Å². The minimum Gasteiger partial charge on any atom is -0.373 e. The fourth-order valence-corrected chi connectivity index (χ4v) is 4.14. The van der Waals surface area contributed by atoms with Gasteiger partial charge < -0.3 is 26.3 Å². The number of nitrogens with zero attached hydrogens (tertiary/aromatic N) is 2. The number of hydrogen-bond donors (Lipinski definition) is 3. The van der Waals surface area contributed by atoms with Crippen LogP contribution in [0.4, 0.5) is 14.5 Å². The van der Waals surface area contributed by atoms with Gasteiger partial charge in [-0.2, -0.15) is 0 Å². The highest BCUT2D eigenvalue weighted by atomic mass is 19.3. The molecule has 5 nitrogen and oxygen atoms in total. The van der Waals surface area contributed by atoms with Crippen molar-refractivity contribution < 1.29 is 8.78 Å². The van der Waals surface area contributed by atoms with Gasteiger partial charge in [-0.3, -0.25) is 0 Å². The molecule has 4 N–H and O–H groups in total. The Bertz CT molecular complexity index is 1130. The summed E-state index contributed by atoms with van der Waals surface area (Å²) in [4.78, 5) is 4.30. The molecule has 186 valence electrons. The molecule has 3 rings (SSSR count). The molecule has 0 fully saturated rings. The van der Waals surface area contributed by atoms with Crippen molar-refractivity contribution in [1.82, 2.24) is 9.80 Å². The average Bonchev–Trinajstić information content (AvgIpc) is 2.82. The van der Waals surface area contributed by atoms with Gasteiger partial charge in [0, 0.05) is 50.6 Å². The molecular formula is C28H35F2N5. The van der Waals surface area contributed by atoms with Crippen LogP contribution in [0.1, 0.15) is 43.4 Å². The molecule has 0 bridgehead atoms. The summed E-state index contributed by atoms with van der Waals surface area (Å²) in [6.07, 6.45) is 5.58. The molecule has 0 amide bonds. The van der Waals surface area contributed by atoms with E-state index in [4.69, 9.17) is 11.1 Å². The lowest BCUT2D eigenvalue weighted by atomic mass is 10.0. The van der Waals surface area contributed by atoms with Crippen LogP contribution in [0.25, 0.3) is 0 Å². The van der Waals surface area contributed by atoms with E-state index in [1.807, 2.05) is 44.3 Å². The van der Waals surface area contributed by atoms with Crippen molar-refractivity contribution in [3.63, 3.8) is 0 Å². The summed E-state index contributed by atoms with van der Waals surface area (Å²) < 4.78 is 27.5. The van der Waals surface area contributed by atoms with Crippen LogP contribution in [0.3, 0.4) is 0 Å². The molecule has 35 heavy (non-hydrogen) atoms.